The Morgan fingerprint density at radius 3 is 2.51 bits per heavy atom. The van der Waals surface area contributed by atoms with E-state index in [4.69, 9.17) is 9.47 Å². The van der Waals surface area contributed by atoms with Gasteiger partial charge in [0.1, 0.15) is 5.78 Å². The summed E-state index contributed by atoms with van der Waals surface area (Å²) in [6.45, 7) is 5.63. The highest BCUT2D eigenvalue weighted by atomic mass is 16.5. The lowest BCUT2D eigenvalue weighted by Crippen LogP contribution is -2.50. The van der Waals surface area contributed by atoms with Crippen LogP contribution in [0.15, 0.2) is 35.4 Å². The molecule has 0 heterocycles. The zero-order valence-electron chi connectivity index (χ0n) is 23.6. The molecule has 1 aromatic carbocycles. The molecular formula is C32H47NO4. The van der Waals surface area contributed by atoms with E-state index in [1.165, 1.54) is 22.4 Å². The van der Waals surface area contributed by atoms with Crippen molar-refractivity contribution in [2.45, 2.75) is 89.3 Å². The molecule has 5 nitrogen and oxygen atoms in total. The molecule has 37 heavy (non-hydrogen) atoms. The Kier molecular flexibility index (Phi) is 7.61. The number of rotatable bonds is 8. The van der Waals surface area contributed by atoms with Gasteiger partial charge in [-0.2, -0.15) is 0 Å². The number of fused-ring (bicyclic) bond motifs is 4. The summed E-state index contributed by atoms with van der Waals surface area (Å²) in [6, 6.07) is 9.05. The highest BCUT2D eigenvalue weighted by Gasteiger charge is 2.59. The van der Waals surface area contributed by atoms with E-state index in [0.717, 1.165) is 44.9 Å². The summed E-state index contributed by atoms with van der Waals surface area (Å²) in [4.78, 5) is 15.3. The summed E-state index contributed by atoms with van der Waals surface area (Å²) < 4.78 is 11.3. The molecule has 0 amide bonds. The molecule has 0 aliphatic heterocycles. The zero-order valence-corrected chi connectivity index (χ0v) is 23.6. The molecule has 5 heteroatoms. The van der Waals surface area contributed by atoms with Crippen LogP contribution in [0.25, 0.3) is 0 Å². The topological polar surface area (TPSA) is 59.0 Å². The third kappa shape index (κ3) is 4.70. The summed E-state index contributed by atoms with van der Waals surface area (Å²) in [5.41, 5.74) is 4.64. The highest BCUT2D eigenvalue weighted by molar-refractivity contribution is 5.82. The first kappa shape index (κ1) is 26.9. The van der Waals surface area contributed by atoms with Gasteiger partial charge in [-0.15, -0.1) is 0 Å². The van der Waals surface area contributed by atoms with Gasteiger partial charge in [0, 0.05) is 51.6 Å². The van der Waals surface area contributed by atoms with Crippen molar-refractivity contribution in [3.05, 3.63) is 41.0 Å². The molecule has 3 saturated carbocycles. The third-order valence-corrected chi connectivity index (χ3v) is 10.6. The number of benzene rings is 1. The monoisotopic (exact) mass is 509 g/mol. The smallest absolute Gasteiger partial charge is 0.136 e. The number of nitrogens with zero attached hydrogens (tertiary/aromatic N) is 1. The number of carbonyl (C=O) groups is 1. The number of hydrogen-bond acceptors (Lipinski definition) is 5. The minimum Gasteiger partial charge on any atom is -0.385 e. The Morgan fingerprint density at radius 2 is 1.84 bits per heavy atom. The van der Waals surface area contributed by atoms with Gasteiger partial charge in [0.2, 0.25) is 0 Å². The molecule has 4 aliphatic carbocycles. The number of ketones is 1. The van der Waals surface area contributed by atoms with Crippen LogP contribution < -0.4 is 4.90 Å². The Balaban J connectivity index is 1.55. The number of carbonyl (C=O) groups excluding carboxylic acids is 1. The molecule has 3 fully saturated rings. The minimum atomic E-state index is -0.769. The maximum absolute atomic E-state index is 13.1. The number of ether oxygens (including phenoxy) is 2. The highest BCUT2D eigenvalue weighted by Crippen LogP contribution is 2.66. The Bertz CT molecular complexity index is 1020. The largest absolute Gasteiger partial charge is 0.385 e. The molecule has 204 valence electrons. The van der Waals surface area contributed by atoms with Crippen LogP contribution >= 0.6 is 0 Å². The number of allylic oxidation sites excluding steroid dienone is 1. The van der Waals surface area contributed by atoms with Crippen molar-refractivity contribution in [1.82, 2.24) is 0 Å². The summed E-state index contributed by atoms with van der Waals surface area (Å²) in [5, 5.41) is 12.1. The van der Waals surface area contributed by atoms with Gasteiger partial charge in [-0.25, -0.2) is 0 Å². The van der Waals surface area contributed by atoms with Gasteiger partial charge >= 0.3 is 0 Å². The SMILES string of the molecule is CCC(=O)[C@H]1CCC2C3CC[C@@]4(O)CC(OCCOC)CCC4=C3[C@@H](c3ccc(N(C)C)cc3)C[C@@]21C. The van der Waals surface area contributed by atoms with E-state index in [0.29, 0.717) is 43.7 Å². The van der Waals surface area contributed by atoms with Crippen molar-refractivity contribution < 1.29 is 19.4 Å². The molecule has 1 N–H and O–H groups in total. The lowest BCUT2D eigenvalue weighted by atomic mass is 9.50. The number of anilines is 1. The maximum Gasteiger partial charge on any atom is 0.136 e. The van der Waals surface area contributed by atoms with E-state index in [-0.39, 0.29) is 23.4 Å². The van der Waals surface area contributed by atoms with Crippen molar-refractivity contribution in [3.63, 3.8) is 0 Å². The lowest BCUT2D eigenvalue weighted by Gasteiger charge is -2.55. The van der Waals surface area contributed by atoms with Gasteiger partial charge in [-0.1, -0.05) is 31.6 Å². The van der Waals surface area contributed by atoms with Gasteiger partial charge in [0.05, 0.1) is 24.9 Å². The van der Waals surface area contributed by atoms with Crippen molar-refractivity contribution in [2.75, 3.05) is 39.3 Å². The van der Waals surface area contributed by atoms with Crippen LogP contribution in [0.5, 0.6) is 0 Å². The van der Waals surface area contributed by atoms with Crippen LogP contribution in [0.4, 0.5) is 5.69 Å². The van der Waals surface area contributed by atoms with Crippen LogP contribution in [0.1, 0.15) is 83.1 Å². The molecule has 7 atom stereocenters. The molecule has 1 aromatic rings. The fourth-order valence-electron chi connectivity index (χ4n) is 8.75. The van der Waals surface area contributed by atoms with Crippen LogP contribution in [-0.2, 0) is 14.3 Å². The molecule has 0 spiro atoms. The molecule has 0 aromatic heterocycles. The molecule has 0 saturated heterocycles. The van der Waals surface area contributed by atoms with Gasteiger partial charge in [0.15, 0.2) is 0 Å². The maximum atomic E-state index is 13.1. The normalized spacial score (nSPS) is 37.1. The van der Waals surface area contributed by atoms with E-state index in [1.54, 1.807) is 7.11 Å². The molecular weight excluding hydrogens is 462 g/mol. The first-order valence-corrected chi connectivity index (χ1v) is 14.6. The van der Waals surface area contributed by atoms with Gasteiger partial charge < -0.3 is 19.5 Å². The van der Waals surface area contributed by atoms with Gasteiger partial charge in [0.25, 0.3) is 0 Å². The van der Waals surface area contributed by atoms with E-state index in [9.17, 15) is 9.90 Å². The zero-order chi connectivity index (χ0) is 26.4. The molecule has 0 bridgehead atoms. The summed E-state index contributed by atoms with van der Waals surface area (Å²) in [5.74, 6) is 1.88. The van der Waals surface area contributed by atoms with Crippen LogP contribution in [0.2, 0.25) is 0 Å². The lowest BCUT2D eigenvalue weighted by molar-refractivity contribution is -0.127. The second-order valence-corrected chi connectivity index (χ2v) is 12.6. The average Bonchev–Trinajstić information content (AvgIpc) is 3.24. The number of methoxy groups -OCH3 is 1. The predicted octanol–water partition coefficient (Wildman–Crippen LogP) is 5.90. The van der Waals surface area contributed by atoms with Crippen molar-refractivity contribution >= 4 is 11.5 Å². The first-order valence-electron chi connectivity index (χ1n) is 14.6. The fourth-order valence-corrected chi connectivity index (χ4v) is 8.75. The minimum absolute atomic E-state index is 0.0304. The summed E-state index contributed by atoms with van der Waals surface area (Å²) in [7, 11) is 5.86. The van der Waals surface area contributed by atoms with Crippen molar-refractivity contribution in [2.24, 2.45) is 23.2 Å². The molecule has 0 radical (unpaired) electrons. The standard InChI is InChI=1S/C32H47NO4/c1-6-29(34)27-14-13-26-24-15-16-32(35)19-23(37-18-17-36-5)11-12-28(32)30(24)25(20-31(26,27)2)21-7-9-22(10-8-21)33(3)4/h7-10,23-27,35H,6,11-20H2,1-5H3/t23?,24?,25-,26?,27-,31+,32-/m1/s1. The Morgan fingerprint density at radius 1 is 1.08 bits per heavy atom. The van der Waals surface area contributed by atoms with Crippen molar-refractivity contribution in [1.29, 1.82) is 0 Å². The van der Waals surface area contributed by atoms with Crippen LogP contribution in [-0.4, -0.2) is 57.0 Å². The van der Waals surface area contributed by atoms with E-state index >= 15 is 0 Å². The molecule has 4 aliphatic rings. The van der Waals surface area contributed by atoms with Gasteiger partial charge in [-0.3, -0.25) is 4.79 Å². The Hall–Kier alpha value is -1.69. The van der Waals surface area contributed by atoms with Crippen molar-refractivity contribution in [3.8, 4) is 0 Å². The summed E-state index contributed by atoms with van der Waals surface area (Å²) >= 11 is 0. The van der Waals surface area contributed by atoms with E-state index < -0.39 is 5.60 Å². The van der Waals surface area contributed by atoms with Gasteiger partial charge in [-0.05, 0) is 85.5 Å². The van der Waals surface area contributed by atoms with Crippen LogP contribution in [0, 0.1) is 23.2 Å². The second-order valence-electron chi connectivity index (χ2n) is 12.6. The number of Topliss-reactive ketones (excluding diaryl/α,β-unsaturated/α-hetero) is 1. The van der Waals surface area contributed by atoms with Crippen LogP contribution in [0.3, 0.4) is 0 Å². The Labute approximate surface area is 223 Å². The first-order chi connectivity index (χ1) is 17.7. The third-order valence-electron chi connectivity index (χ3n) is 10.6. The molecule has 5 rings (SSSR count). The molecule has 3 unspecified atom stereocenters. The second kappa shape index (κ2) is 10.5. The number of aliphatic hydroxyl groups is 1. The number of hydrogen-bond donors (Lipinski definition) is 1. The van der Waals surface area contributed by atoms with E-state index in [2.05, 4.69) is 50.2 Å². The predicted molar refractivity (Wildman–Crippen MR) is 148 cm³/mol. The average molecular weight is 510 g/mol. The summed E-state index contributed by atoms with van der Waals surface area (Å²) in [6.07, 6.45) is 8.29. The quantitative estimate of drug-likeness (QED) is 0.349. The fraction of sp³-hybridized carbons (Fsp3) is 0.719. The van der Waals surface area contributed by atoms with E-state index in [1.807, 2.05) is 6.92 Å².